The van der Waals surface area contributed by atoms with E-state index in [4.69, 9.17) is 0 Å². The Morgan fingerprint density at radius 3 is 1.12 bits per heavy atom. The highest BCUT2D eigenvalue weighted by atomic mass is 32.2. The van der Waals surface area contributed by atoms with Gasteiger partial charge in [0.15, 0.2) is 11.0 Å². The highest BCUT2D eigenvalue weighted by Crippen LogP contribution is 2.46. The van der Waals surface area contributed by atoms with E-state index in [1.165, 1.54) is 40.3 Å². The second kappa shape index (κ2) is 11.3. The van der Waals surface area contributed by atoms with Crippen LogP contribution < -0.4 is 11.1 Å². The van der Waals surface area contributed by atoms with Crippen molar-refractivity contribution in [2.75, 3.05) is 28.2 Å². The molecule has 0 aliphatic heterocycles. The third kappa shape index (κ3) is 4.21. The lowest BCUT2D eigenvalue weighted by molar-refractivity contribution is -0.383. The summed E-state index contributed by atoms with van der Waals surface area (Å²) < 4.78 is 56.6. The average molecular weight is 841 g/mol. The van der Waals surface area contributed by atoms with Crippen LogP contribution in [0, 0.1) is 20.2 Å². The number of fused-ring (bicyclic) bond motifs is 10. The topological polar surface area (TPSA) is 230 Å². The van der Waals surface area contributed by atoms with Crippen LogP contribution in [-0.2, 0) is 20.0 Å². The molecule has 0 saturated heterocycles. The molecule has 0 unspecified atom stereocenters. The van der Waals surface area contributed by atoms with E-state index in [9.17, 15) is 46.7 Å². The third-order valence-corrected chi connectivity index (χ3v) is 15.2. The van der Waals surface area contributed by atoms with Crippen LogP contribution in [0.4, 0.5) is 11.4 Å². The first-order valence-electron chi connectivity index (χ1n) is 18.0. The third-order valence-electron chi connectivity index (χ3n) is 11.6. The van der Waals surface area contributed by atoms with Crippen molar-refractivity contribution >= 4 is 129 Å². The van der Waals surface area contributed by atoms with E-state index in [0.29, 0.717) is 53.9 Å². The fourth-order valence-corrected chi connectivity index (χ4v) is 10.8. The number of hydrogen-bond acceptors (Lipinski definition) is 12. The van der Waals surface area contributed by atoms with Crippen LogP contribution in [0.3, 0.4) is 0 Å². The van der Waals surface area contributed by atoms with Gasteiger partial charge in [0.25, 0.3) is 22.5 Å². The van der Waals surface area contributed by atoms with Gasteiger partial charge < -0.3 is 0 Å². The van der Waals surface area contributed by atoms with Crippen molar-refractivity contribution in [3.63, 3.8) is 0 Å². The van der Waals surface area contributed by atoms with Gasteiger partial charge in [-0.2, -0.15) is 0 Å². The van der Waals surface area contributed by atoms with Crippen molar-refractivity contribution in [2.24, 2.45) is 0 Å². The van der Waals surface area contributed by atoms with Crippen LogP contribution in [0.1, 0.15) is 0 Å². The molecule has 0 aliphatic carbocycles. The van der Waals surface area contributed by atoms with Crippen LogP contribution in [0.2, 0.25) is 0 Å². The quantitative estimate of drug-likeness (QED) is 0.0868. The number of aromatic nitrogens is 4. The van der Waals surface area contributed by atoms with Crippen molar-refractivity contribution in [3.05, 3.63) is 114 Å². The predicted octanol–water partition coefficient (Wildman–Crippen LogP) is 5.56. The van der Waals surface area contributed by atoms with Gasteiger partial charge in [0.2, 0.25) is 20.0 Å². The molecule has 0 saturated carbocycles. The Kier molecular flexibility index (Phi) is 6.73. The number of hydrogen-bond donors (Lipinski definition) is 0. The SMILES string of the molecule is CN(C)S(=O)(=O)c1cc([N+](=O)[O-])c2c(c1)nc1c3ccc4c5ccc6c(=O)n7c(nc8cc(S(=O)(=O)N(C)C)cc([N+](=O)[O-])c87)c7ccc(c8ccc(c(=O)n12)c3c84)c5c67. The van der Waals surface area contributed by atoms with Crippen LogP contribution in [0.25, 0.3) is 98.0 Å². The van der Waals surface area contributed by atoms with Crippen molar-refractivity contribution in [1.82, 2.24) is 27.4 Å². The van der Waals surface area contributed by atoms with Crippen LogP contribution in [0.5, 0.6) is 0 Å². The second-order valence-electron chi connectivity index (χ2n) is 15.0. The van der Waals surface area contributed by atoms with Crippen molar-refractivity contribution in [1.29, 1.82) is 0 Å². The molecule has 18 nitrogen and oxygen atoms in total. The molecule has 7 aromatic carbocycles. The zero-order valence-corrected chi connectivity index (χ0v) is 33.0. The molecule has 11 rings (SSSR count). The predicted molar refractivity (Wildman–Crippen MR) is 225 cm³/mol. The average Bonchev–Trinajstić information content (AvgIpc) is 3.80. The summed E-state index contributed by atoms with van der Waals surface area (Å²) in [7, 11) is -3.02. The lowest BCUT2D eigenvalue weighted by Crippen LogP contribution is -2.22. The number of sulfonamides is 2. The standard InChI is InChI=1S/C40H24N8O10S2/c1-43(2)59(55,56)17-13-27-35(29(15-17)47(51)52)45-37(41-27)23-9-5-19-22-8-12-26-34-24(10-6-20(32(22)34)21-7-11-25(39(45)49)33(23)31(19)21)38-42-28-14-18(60(57,58)44(3)4)16-30(48(53)54)36(28)46(38)40(26)50/h5-16H,1-4H3. The van der Waals surface area contributed by atoms with Gasteiger partial charge in [-0.05, 0) is 68.7 Å². The first kappa shape index (κ1) is 35.9. The Morgan fingerprint density at radius 1 is 0.500 bits per heavy atom. The molecule has 0 amide bonds. The molecule has 60 heavy (non-hydrogen) atoms. The fraction of sp³-hybridized carbons (Fsp3) is 0.100. The smallest absolute Gasteiger partial charge is 0.268 e. The zero-order chi connectivity index (χ0) is 42.2. The maximum atomic E-state index is 14.5. The minimum atomic E-state index is -4.12. The monoisotopic (exact) mass is 840 g/mol. The van der Waals surface area contributed by atoms with Gasteiger partial charge in [0.1, 0.15) is 11.3 Å². The summed E-state index contributed by atoms with van der Waals surface area (Å²) in [5.74, 6) is 0. The van der Waals surface area contributed by atoms with E-state index in [2.05, 4.69) is 9.97 Å². The first-order chi connectivity index (χ1) is 28.4. The van der Waals surface area contributed by atoms with Crippen LogP contribution >= 0.6 is 0 Å². The van der Waals surface area contributed by atoms with Crippen molar-refractivity contribution < 1.29 is 26.7 Å². The molecule has 4 aromatic heterocycles. The molecule has 0 atom stereocenters. The van der Waals surface area contributed by atoms with Gasteiger partial charge in [-0.1, -0.05) is 24.3 Å². The van der Waals surface area contributed by atoms with E-state index in [1.54, 1.807) is 36.4 Å². The Bertz CT molecular complexity index is 3930. The minimum absolute atomic E-state index is 0.0495. The van der Waals surface area contributed by atoms with Gasteiger partial charge >= 0.3 is 0 Å². The number of nitro benzene ring substituents is 2. The number of nitro groups is 2. The summed E-state index contributed by atoms with van der Waals surface area (Å²) in [6, 6.07) is 18.3. The molecule has 0 spiro atoms. The molecule has 296 valence electrons. The number of benzene rings is 7. The van der Waals surface area contributed by atoms with E-state index >= 15 is 0 Å². The summed E-state index contributed by atoms with van der Waals surface area (Å²) in [6.45, 7) is 0. The number of imidazole rings is 2. The Hall–Kier alpha value is -7.26. The highest BCUT2D eigenvalue weighted by molar-refractivity contribution is 7.89. The maximum Gasteiger partial charge on any atom is 0.296 e. The first-order valence-corrected chi connectivity index (χ1v) is 20.9. The fourth-order valence-electron chi connectivity index (χ4n) is 8.94. The van der Waals surface area contributed by atoms with E-state index in [1.807, 2.05) is 12.1 Å². The summed E-state index contributed by atoms with van der Waals surface area (Å²) in [5.41, 5.74) is -2.56. The van der Waals surface area contributed by atoms with Gasteiger partial charge in [0, 0.05) is 72.6 Å². The number of non-ortho nitro benzene ring substituents is 2. The molecule has 4 heterocycles. The Balaban J connectivity index is 1.26. The van der Waals surface area contributed by atoms with Gasteiger partial charge in [-0.3, -0.25) is 38.6 Å². The van der Waals surface area contributed by atoms with Gasteiger partial charge in [-0.25, -0.2) is 35.4 Å². The zero-order valence-electron chi connectivity index (χ0n) is 31.4. The second-order valence-corrected chi connectivity index (χ2v) is 19.3. The minimum Gasteiger partial charge on any atom is -0.268 e. The van der Waals surface area contributed by atoms with E-state index < -0.39 is 52.4 Å². The van der Waals surface area contributed by atoms with Crippen LogP contribution in [0.15, 0.2) is 92.2 Å². The molecule has 20 heteroatoms. The summed E-state index contributed by atoms with van der Waals surface area (Å²) in [6.07, 6.45) is 0. The van der Waals surface area contributed by atoms with Gasteiger partial charge in [0.05, 0.1) is 30.7 Å². The van der Waals surface area contributed by atoms with Gasteiger partial charge in [-0.15, -0.1) is 0 Å². The van der Waals surface area contributed by atoms with E-state index in [-0.39, 0.29) is 53.9 Å². The Morgan fingerprint density at radius 2 is 0.800 bits per heavy atom. The lowest BCUT2D eigenvalue weighted by Gasteiger charge is -2.18. The number of rotatable bonds is 6. The van der Waals surface area contributed by atoms with E-state index in [0.717, 1.165) is 29.5 Å². The number of nitrogens with zero attached hydrogens (tertiary/aromatic N) is 8. The molecule has 0 N–H and O–H groups in total. The molecular weight excluding hydrogens is 817 g/mol. The molecule has 0 fully saturated rings. The van der Waals surface area contributed by atoms with Crippen molar-refractivity contribution in [3.8, 4) is 0 Å². The highest BCUT2D eigenvalue weighted by Gasteiger charge is 2.31. The maximum absolute atomic E-state index is 14.5. The molecule has 0 bridgehead atoms. The summed E-state index contributed by atoms with van der Waals surface area (Å²) in [4.78, 5) is 60.9. The number of pyridine rings is 2. The summed E-state index contributed by atoms with van der Waals surface area (Å²) >= 11 is 0. The molecule has 0 radical (unpaired) electrons. The summed E-state index contributed by atoms with van der Waals surface area (Å²) in [5, 5.41) is 31.6. The van der Waals surface area contributed by atoms with Crippen LogP contribution in [-0.4, -0.2) is 82.3 Å². The molecule has 11 aromatic rings. The molecular formula is C40H24N8O10S2. The normalized spacial score (nSPS) is 13.3. The largest absolute Gasteiger partial charge is 0.296 e. The lowest BCUT2D eigenvalue weighted by atomic mass is 9.86. The van der Waals surface area contributed by atoms with Crippen molar-refractivity contribution in [2.45, 2.75) is 9.79 Å². The molecule has 0 aliphatic rings. The Labute approximate surface area is 334 Å².